The van der Waals surface area contributed by atoms with Gasteiger partial charge in [-0.15, -0.1) is 12.4 Å². The lowest BCUT2D eigenvalue weighted by molar-refractivity contribution is -0.118. The summed E-state index contributed by atoms with van der Waals surface area (Å²) >= 11 is 0. The fourth-order valence-corrected chi connectivity index (χ4v) is 1.77. The summed E-state index contributed by atoms with van der Waals surface area (Å²) in [5.41, 5.74) is 6.81. The smallest absolute Gasteiger partial charge is 0.325 e. The van der Waals surface area contributed by atoms with E-state index >= 15 is 0 Å². The molecule has 0 fully saturated rings. The van der Waals surface area contributed by atoms with Crippen molar-refractivity contribution in [2.24, 2.45) is 18.7 Å². The minimum absolute atomic E-state index is 0. The molecule has 1 aromatic heterocycles. The van der Waals surface area contributed by atoms with Gasteiger partial charge in [-0.1, -0.05) is 13.8 Å². The Morgan fingerprint density at radius 3 is 2.32 bits per heavy atom. The molecule has 7 nitrogen and oxygen atoms in total. The third kappa shape index (κ3) is 3.75. The number of aromatic nitrogens is 3. The molecule has 1 heterocycles. The lowest BCUT2D eigenvalue weighted by atomic mass is 10.0. The van der Waals surface area contributed by atoms with Gasteiger partial charge in [-0.25, -0.2) is 4.79 Å². The quantitative estimate of drug-likeness (QED) is 0.873. The van der Waals surface area contributed by atoms with Gasteiger partial charge in [0.05, 0.1) is 11.7 Å². The Kier molecular flexibility index (Phi) is 5.90. The second kappa shape index (κ2) is 7.24. The van der Waals surface area contributed by atoms with E-state index in [9.17, 15) is 9.59 Å². The predicted molar refractivity (Wildman–Crippen MR) is 87.5 cm³/mol. The van der Waals surface area contributed by atoms with Crippen LogP contribution in [0.1, 0.15) is 13.8 Å². The number of halogens is 1. The normalized spacial score (nSPS) is 11.9. The highest BCUT2D eigenvalue weighted by atomic mass is 35.5. The predicted octanol–water partition coefficient (Wildman–Crippen LogP) is 0.915. The number of benzene rings is 1. The largest absolute Gasteiger partial charge is 0.350 e. The molecule has 0 saturated carbocycles. The molecule has 2 rings (SSSR count). The van der Waals surface area contributed by atoms with Crippen LogP contribution in [0.4, 0.5) is 5.69 Å². The molecule has 0 radical (unpaired) electrons. The summed E-state index contributed by atoms with van der Waals surface area (Å²) in [4.78, 5) is 23.6. The van der Waals surface area contributed by atoms with E-state index in [1.54, 1.807) is 31.3 Å². The number of nitrogens with one attached hydrogen (secondary N) is 1. The van der Waals surface area contributed by atoms with Crippen LogP contribution in [0.25, 0.3) is 5.69 Å². The van der Waals surface area contributed by atoms with Crippen molar-refractivity contribution < 1.29 is 4.79 Å². The van der Waals surface area contributed by atoms with Gasteiger partial charge in [0.1, 0.15) is 6.33 Å². The summed E-state index contributed by atoms with van der Waals surface area (Å²) in [6.07, 6.45) is 1.44. The Morgan fingerprint density at radius 1 is 1.27 bits per heavy atom. The average molecular weight is 326 g/mol. The molecule has 0 unspecified atom stereocenters. The van der Waals surface area contributed by atoms with Crippen molar-refractivity contribution in [2.45, 2.75) is 19.9 Å². The molecule has 0 aliphatic heterocycles. The number of rotatable bonds is 4. The van der Waals surface area contributed by atoms with E-state index in [1.165, 1.54) is 15.6 Å². The monoisotopic (exact) mass is 325 g/mol. The SMILES string of the molecule is CC(C)[C@H](N)C(=O)Nc1ccc(-n2ncn(C)c2=O)cc1.Cl. The van der Waals surface area contributed by atoms with Crippen LogP contribution < -0.4 is 16.7 Å². The summed E-state index contributed by atoms with van der Waals surface area (Å²) in [5.74, 6) is -0.163. The molecule has 120 valence electrons. The summed E-state index contributed by atoms with van der Waals surface area (Å²) in [5, 5.41) is 6.73. The molecule has 0 saturated heterocycles. The molecular weight excluding hydrogens is 306 g/mol. The second-order valence-corrected chi connectivity index (χ2v) is 5.24. The maximum Gasteiger partial charge on any atom is 0.350 e. The van der Waals surface area contributed by atoms with E-state index in [0.29, 0.717) is 11.4 Å². The highest BCUT2D eigenvalue weighted by molar-refractivity contribution is 5.94. The van der Waals surface area contributed by atoms with Crippen LogP contribution in [0.3, 0.4) is 0 Å². The topological polar surface area (TPSA) is 94.9 Å². The van der Waals surface area contributed by atoms with Crippen LogP contribution in [0, 0.1) is 5.92 Å². The van der Waals surface area contributed by atoms with E-state index in [-0.39, 0.29) is 29.9 Å². The molecule has 0 bridgehead atoms. The molecule has 22 heavy (non-hydrogen) atoms. The van der Waals surface area contributed by atoms with Crippen molar-refractivity contribution >= 4 is 24.0 Å². The minimum Gasteiger partial charge on any atom is -0.325 e. The zero-order valence-electron chi connectivity index (χ0n) is 12.7. The Labute approximate surface area is 134 Å². The molecule has 0 aliphatic carbocycles. The molecule has 2 aromatic rings. The molecule has 0 spiro atoms. The van der Waals surface area contributed by atoms with Crippen molar-refractivity contribution in [3.05, 3.63) is 41.1 Å². The van der Waals surface area contributed by atoms with E-state index in [0.717, 1.165) is 0 Å². The summed E-state index contributed by atoms with van der Waals surface area (Å²) in [6, 6.07) is 6.29. The summed E-state index contributed by atoms with van der Waals surface area (Å²) in [7, 11) is 1.63. The molecule has 0 aliphatic rings. The van der Waals surface area contributed by atoms with Gasteiger partial charge in [-0.2, -0.15) is 9.78 Å². The third-order valence-corrected chi connectivity index (χ3v) is 3.22. The molecule has 1 aromatic carbocycles. The van der Waals surface area contributed by atoms with Crippen molar-refractivity contribution in [2.75, 3.05) is 5.32 Å². The van der Waals surface area contributed by atoms with Crippen molar-refractivity contribution in [1.82, 2.24) is 14.3 Å². The van der Waals surface area contributed by atoms with Crippen LogP contribution in [0.5, 0.6) is 0 Å². The maximum absolute atomic E-state index is 11.9. The molecular formula is C14H20ClN5O2. The summed E-state index contributed by atoms with van der Waals surface area (Å²) in [6.45, 7) is 3.78. The number of aryl methyl sites for hydroxylation is 1. The lowest BCUT2D eigenvalue weighted by Gasteiger charge is -2.15. The van der Waals surface area contributed by atoms with Crippen LogP contribution in [0.2, 0.25) is 0 Å². The fraction of sp³-hybridized carbons (Fsp3) is 0.357. The number of carbonyl (C=O) groups excluding carboxylic acids is 1. The fourth-order valence-electron chi connectivity index (χ4n) is 1.77. The number of nitrogens with zero attached hydrogens (tertiary/aromatic N) is 3. The molecule has 1 amide bonds. The highest BCUT2D eigenvalue weighted by Crippen LogP contribution is 2.12. The van der Waals surface area contributed by atoms with Gasteiger partial charge >= 0.3 is 5.69 Å². The van der Waals surface area contributed by atoms with Gasteiger partial charge < -0.3 is 11.1 Å². The van der Waals surface area contributed by atoms with Gasteiger partial charge in [0, 0.05) is 12.7 Å². The van der Waals surface area contributed by atoms with Crippen molar-refractivity contribution in [1.29, 1.82) is 0 Å². The van der Waals surface area contributed by atoms with E-state index in [2.05, 4.69) is 10.4 Å². The molecule has 8 heteroatoms. The Morgan fingerprint density at radius 2 is 1.86 bits per heavy atom. The second-order valence-electron chi connectivity index (χ2n) is 5.24. The van der Waals surface area contributed by atoms with Crippen molar-refractivity contribution in [3.8, 4) is 5.69 Å². The van der Waals surface area contributed by atoms with E-state index in [4.69, 9.17) is 5.73 Å². The third-order valence-electron chi connectivity index (χ3n) is 3.22. The number of nitrogens with two attached hydrogens (primary N) is 1. The highest BCUT2D eigenvalue weighted by Gasteiger charge is 2.17. The molecule has 3 N–H and O–H groups in total. The summed E-state index contributed by atoms with van der Waals surface area (Å²) < 4.78 is 2.67. The van der Waals surface area contributed by atoms with Crippen LogP contribution in [-0.4, -0.2) is 26.3 Å². The Hall–Kier alpha value is -2.12. The number of carbonyl (C=O) groups is 1. The number of amides is 1. The van der Waals surface area contributed by atoms with E-state index in [1.807, 2.05) is 13.8 Å². The zero-order chi connectivity index (χ0) is 15.6. The molecule has 1 atom stereocenters. The first-order chi connectivity index (χ1) is 9.90. The average Bonchev–Trinajstić information content (AvgIpc) is 2.79. The number of hydrogen-bond donors (Lipinski definition) is 2. The Balaban J connectivity index is 0.00000242. The standard InChI is InChI=1S/C14H19N5O2.ClH/c1-9(2)12(15)13(20)17-10-4-6-11(7-5-10)19-14(21)18(3)8-16-19;/h4-9,12H,15H2,1-3H3,(H,17,20);1H/t12-;/m0./s1. The van der Waals surface area contributed by atoms with Gasteiger partial charge in [0.25, 0.3) is 0 Å². The lowest BCUT2D eigenvalue weighted by Crippen LogP contribution is -2.39. The number of hydrogen-bond acceptors (Lipinski definition) is 4. The van der Waals surface area contributed by atoms with E-state index < -0.39 is 6.04 Å². The zero-order valence-corrected chi connectivity index (χ0v) is 13.5. The van der Waals surface area contributed by atoms with Gasteiger partial charge in [0.2, 0.25) is 5.91 Å². The first-order valence-corrected chi connectivity index (χ1v) is 6.67. The van der Waals surface area contributed by atoms with Gasteiger partial charge in [-0.3, -0.25) is 9.36 Å². The van der Waals surface area contributed by atoms with Gasteiger partial charge in [0.15, 0.2) is 0 Å². The van der Waals surface area contributed by atoms with Crippen LogP contribution in [-0.2, 0) is 11.8 Å². The maximum atomic E-state index is 11.9. The van der Waals surface area contributed by atoms with Gasteiger partial charge in [-0.05, 0) is 30.2 Å². The van der Waals surface area contributed by atoms with Crippen molar-refractivity contribution in [3.63, 3.8) is 0 Å². The first kappa shape index (κ1) is 17.9. The van der Waals surface area contributed by atoms with Crippen LogP contribution in [0.15, 0.2) is 35.4 Å². The van der Waals surface area contributed by atoms with Crippen LogP contribution >= 0.6 is 12.4 Å². The Bertz CT molecular complexity index is 690. The number of anilines is 1. The minimum atomic E-state index is -0.553. The first-order valence-electron chi connectivity index (χ1n) is 6.67.